The predicted octanol–water partition coefficient (Wildman–Crippen LogP) is 2.22. The number of hydrogen-bond donors (Lipinski definition) is 4. The van der Waals surface area contributed by atoms with Crippen molar-refractivity contribution < 1.29 is 4.79 Å². The van der Waals surface area contributed by atoms with Crippen molar-refractivity contribution in [3.05, 3.63) is 40.6 Å². The zero-order valence-corrected chi connectivity index (χ0v) is 14.1. The van der Waals surface area contributed by atoms with Gasteiger partial charge in [0.2, 0.25) is 0 Å². The fraction of sp³-hybridized carbons (Fsp3) is 0.294. The van der Waals surface area contributed by atoms with E-state index in [1.54, 1.807) is 12.3 Å². The third-order valence-corrected chi connectivity index (χ3v) is 5.15. The summed E-state index contributed by atoms with van der Waals surface area (Å²) in [6.07, 6.45) is 9.07. The third-order valence-electron chi connectivity index (χ3n) is 4.95. The zero-order valence-electron chi connectivity index (χ0n) is 13.3. The van der Waals surface area contributed by atoms with E-state index in [0.29, 0.717) is 33.4 Å². The molecule has 0 aromatic carbocycles. The van der Waals surface area contributed by atoms with Crippen LogP contribution in [-0.2, 0) is 0 Å². The average molecular weight is 357 g/mol. The second-order valence-corrected chi connectivity index (χ2v) is 7.14. The van der Waals surface area contributed by atoms with Crippen LogP contribution >= 0.6 is 11.6 Å². The van der Waals surface area contributed by atoms with Gasteiger partial charge in [-0.2, -0.15) is 0 Å². The maximum absolute atomic E-state index is 11.7. The molecule has 8 heteroatoms. The van der Waals surface area contributed by atoms with E-state index in [-0.39, 0.29) is 5.54 Å². The van der Waals surface area contributed by atoms with Crippen molar-refractivity contribution in [2.24, 2.45) is 16.6 Å². The zero-order chi connectivity index (χ0) is 17.6. The molecular formula is C17H17ClN6O. The Morgan fingerprint density at radius 1 is 1.48 bits per heavy atom. The summed E-state index contributed by atoms with van der Waals surface area (Å²) >= 11 is 5.85. The molecule has 0 saturated heterocycles. The molecule has 0 unspecified atom stereocenters. The van der Waals surface area contributed by atoms with Gasteiger partial charge in [-0.05, 0) is 31.2 Å². The smallest absolute Gasteiger partial charge is 0.252 e. The fourth-order valence-corrected chi connectivity index (χ4v) is 3.67. The lowest BCUT2D eigenvalue weighted by Gasteiger charge is -2.62. The van der Waals surface area contributed by atoms with Crippen molar-refractivity contribution in [1.29, 1.82) is 5.41 Å². The summed E-state index contributed by atoms with van der Waals surface area (Å²) < 4.78 is 0. The molecule has 2 heterocycles. The number of halogens is 1. The van der Waals surface area contributed by atoms with E-state index in [9.17, 15) is 4.79 Å². The van der Waals surface area contributed by atoms with Crippen molar-refractivity contribution in [2.45, 2.75) is 24.8 Å². The quantitative estimate of drug-likeness (QED) is 0.605. The maximum Gasteiger partial charge on any atom is 0.252 e. The lowest BCUT2D eigenvalue weighted by Crippen LogP contribution is -2.63. The summed E-state index contributed by atoms with van der Waals surface area (Å²) in [6.45, 7) is 0. The molecule has 2 bridgehead atoms. The molecule has 0 spiro atoms. The second kappa shape index (κ2) is 5.70. The third kappa shape index (κ3) is 2.70. The van der Waals surface area contributed by atoms with E-state index < -0.39 is 5.91 Å². The molecule has 1 aromatic rings. The van der Waals surface area contributed by atoms with Crippen molar-refractivity contribution >= 4 is 41.2 Å². The number of carbonyl (C=O) groups excluding carboxylic acids is 1. The van der Waals surface area contributed by atoms with Gasteiger partial charge in [0.15, 0.2) is 0 Å². The first-order valence-corrected chi connectivity index (χ1v) is 8.37. The van der Waals surface area contributed by atoms with Gasteiger partial charge in [-0.15, -0.1) is 0 Å². The van der Waals surface area contributed by atoms with Crippen LogP contribution in [0.2, 0.25) is 0 Å². The fourth-order valence-electron chi connectivity index (χ4n) is 3.57. The number of anilines is 1. The van der Waals surface area contributed by atoms with Crippen LogP contribution < -0.4 is 16.4 Å². The van der Waals surface area contributed by atoms with Crippen molar-refractivity contribution in [3.8, 4) is 0 Å². The molecule has 7 nitrogen and oxygen atoms in total. The highest BCUT2D eigenvalue weighted by molar-refractivity contribution is 6.39. The highest BCUT2D eigenvalue weighted by atomic mass is 35.5. The molecule has 0 radical (unpaired) electrons. The topological polar surface area (TPSA) is 116 Å². The minimum atomic E-state index is -0.527. The number of primary amides is 1. The number of nitrogens with two attached hydrogens (primary N) is 1. The van der Waals surface area contributed by atoms with Gasteiger partial charge in [0, 0.05) is 30.4 Å². The molecule has 1 aromatic heterocycles. The molecule has 128 valence electrons. The van der Waals surface area contributed by atoms with Crippen LogP contribution in [0.3, 0.4) is 0 Å². The normalized spacial score (nSPS) is 28.0. The first-order chi connectivity index (χ1) is 12.0. The molecule has 5 rings (SSSR count). The Kier molecular flexibility index (Phi) is 3.61. The number of nitrogens with one attached hydrogen (secondary N) is 3. The number of hydrogen-bond acceptors (Lipinski definition) is 6. The number of rotatable bonds is 5. The highest BCUT2D eigenvalue weighted by Gasteiger charge is 2.56. The Bertz CT molecular complexity index is 855. The Balaban J connectivity index is 1.72. The SMILES string of the molecule is N=C/C(=C1/N=CC(Cl)=CN1)c1cc(NC23CC(C2)C3)c(C(N)=O)cn1. The molecule has 0 atom stereocenters. The lowest BCUT2D eigenvalue weighted by atomic mass is 9.50. The molecule has 3 aliphatic carbocycles. The summed E-state index contributed by atoms with van der Waals surface area (Å²) in [4.78, 5) is 20.2. The summed E-state index contributed by atoms with van der Waals surface area (Å²) in [5.74, 6) is 0.748. The number of aliphatic imine (C=N–C) groups is 1. The highest BCUT2D eigenvalue weighted by Crippen LogP contribution is 2.58. The molecular weight excluding hydrogens is 340 g/mol. The standard InChI is InChI=1S/C17H17ClN6O/c18-10-6-22-16(23-7-10)11(5-19)13-1-14(12(8-21-13)15(20)25)24-17-2-9(3-17)4-17/h1,5-9,19,22H,2-4H2,(H2,20,25)(H,21,24)/b16-11-,19-5?. The van der Waals surface area contributed by atoms with E-state index >= 15 is 0 Å². The van der Waals surface area contributed by atoms with E-state index in [0.717, 1.165) is 25.2 Å². The van der Waals surface area contributed by atoms with Gasteiger partial charge in [-0.1, -0.05) is 11.6 Å². The Hall–Kier alpha value is -2.67. The van der Waals surface area contributed by atoms with Gasteiger partial charge in [0.25, 0.3) is 5.91 Å². The summed E-state index contributed by atoms with van der Waals surface area (Å²) in [7, 11) is 0. The number of amides is 1. The number of allylic oxidation sites excluding steroid dienone is 2. The minimum absolute atomic E-state index is 0.0863. The monoisotopic (exact) mass is 356 g/mol. The predicted molar refractivity (Wildman–Crippen MR) is 97.7 cm³/mol. The summed E-state index contributed by atoms with van der Waals surface area (Å²) in [6, 6.07) is 1.75. The van der Waals surface area contributed by atoms with Gasteiger partial charge in [-0.3, -0.25) is 9.78 Å². The van der Waals surface area contributed by atoms with Crippen LogP contribution in [0, 0.1) is 11.3 Å². The molecule has 3 saturated carbocycles. The first kappa shape index (κ1) is 15.8. The maximum atomic E-state index is 11.7. The molecule has 1 amide bonds. The molecule has 1 aliphatic heterocycles. The number of nitrogens with zero attached hydrogens (tertiary/aromatic N) is 2. The van der Waals surface area contributed by atoms with Crippen LogP contribution in [0.4, 0.5) is 5.69 Å². The van der Waals surface area contributed by atoms with Crippen molar-refractivity contribution in [3.63, 3.8) is 0 Å². The van der Waals surface area contributed by atoms with Crippen molar-refractivity contribution in [2.75, 3.05) is 5.32 Å². The van der Waals surface area contributed by atoms with Crippen molar-refractivity contribution in [1.82, 2.24) is 10.3 Å². The van der Waals surface area contributed by atoms with Crippen LogP contribution in [-0.4, -0.2) is 28.9 Å². The van der Waals surface area contributed by atoms with Crippen LogP contribution in [0.1, 0.15) is 35.3 Å². The summed E-state index contributed by atoms with van der Waals surface area (Å²) in [5, 5.41) is 14.6. The van der Waals surface area contributed by atoms with E-state index in [1.807, 2.05) is 0 Å². The molecule has 4 aliphatic rings. The molecule has 5 N–H and O–H groups in total. The minimum Gasteiger partial charge on any atom is -0.379 e. The van der Waals surface area contributed by atoms with Gasteiger partial charge >= 0.3 is 0 Å². The Labute approximate surface area is 149 Å². The van der Waals surface area contributed by atoms with Gasteiger partial charge < -0.3 is 21.8 Å². The Morgan fingerprint density at radius 2 is 2.24 bits per heavy atom. The molecule has 3 fully saturated rings. The number of pyridine rings is 1. The molecule has 25 heavy (non-hydrogen) atoms. The van der Waals surface area contributed by atoms with Gasteiger partial charge in [0.05, 0.1) is 27.6 Å². The second-order valence-electron chi connectivity index (χ2n) is 6.70. The largest absolute Gasteiger partial charge is 0.379 e. The Morgan fingerprint density at radius 3 is 2.76 bits per heavy atom. The first-order valence-electron chi connectivity index (χ1n) is 7.99. The van der Waals surface area contributed by atoms with Crippen LogP contribution in [0.25, 0.3) is 5.57 Å². The van der Waals surface area contributed by atoms with Gasteiger partial charge in [-0.25, -0.2) is 4.99 Å². The number of carbonyl (C=O) groups is 1. The number of aromatic nitrogens is 1. The van der Waals surface area contributed by atoms with Crippen LogP contribution in [0.15, 0.2) is 34.3 Å². The summed E-state index contributed by atoms with van der Waals surface area (Å²) in [5.41, 5.74) is 7.61. The lowest BCUT2D eigenvalue weighted by molar-refractivity contribution is 0.00209. The van der Waals surface area contributed by atoms with Crippen LogP contribution in [0.5, 0.6) is 0 Å². The average Bonchev–Trinajstić information content (AvgIpc) is 2.52. The van der Waals surface area contributed by atoms with Gasteiger partial charge in [0.1, 0.15) is 5.82 Å². The van der Waals surface area contributed by atoms with E-state index in [2.05, 4.69) is 20.6 Å². The van der Waals surface area contributed by atoms with E-state index in [1.165, 1.54) is 18.6 Å². The van der Waals surface area contributed by atoms with E-state index in [4.69, 9.17) is 22.7 Å².